The zero-order chi connectivity index (χ0) is 5.41. The second-order valence-electron chi connectivity index (χ2n) is 0.180. The summed E-state index contributed by atoms with van der Waals surface area (Å²) in [7, 11) is -1.08. The van der Waals surface area contributed by atoms with Gasteiger partial charge < -0.3 is 14.2 Å². The summed E-state index contributed by atoms with van der Waals surface area (Å²) in [4.78, 5) is 8.36. The van der Waals surface area contributed by atoms with Gasteiger partial charge >= 0.3 is 29.6 Å². The first-order chi connectivity index (χ1) is 2.83. The Morgan fingerprint density at radius 2 is 1.43 bits per heavy atom. The first kappa shape index (κ1) is 15.7. The minimum Gasteiger partial charge on any atom is -0.483 e. The van der Waals surface area contributed by atoms with Gasteiger partial charge in [-0.25, -0.2) is 0 Å². The molecule has 0 bridgehead atoms. The van der Waals surface area contributed by atoms with Gasteiger partial charge in [-0.15, -0.1) is 0 Å². The van der Waals surface area contributed by atoms with Crippen LogP contribution in [0.3, 0.4) is 0 Å². The first-order valence-corrected chi connectivity index (χ1v) is 1.59. The summed E-state index contributed by atoms with van der Waals surface area (Å²) >= 11 is 0. The van der Waals surface area contributed by atoms with Gasteiger partial charge in [-0.2, -0.15) is 0 Å². The Labute approximate surface area is 63.4 Å². The van der Waals surface area contributed by atoms with Crippen LogP contribution >= 0.6 is 8.34 Å². The van der Waals surface area contributed by atoms with E-state index in [9.17, 15) is 0 Å². The number of rotatable bonds is 0. The summed E-state index contributed by atoms with van der Waals surface area (Å²) < 4.78 is 16.7. The average molecular weight is 132 g/mol. The van der Waals surface area contributed by atoms with E-state index in [4.69, 9.17) is 19.0 Å². The van der Waals surface area contributed by atoms with Gasteiger partial charge in [0.25, 0.3) is 6.47 Å². The van der Waals surface area contributed by atoms with E-state index in [1.54, 1.807) is 0 Å². The molecule has 0 unspecified atom stereocenters. The minimum absolute atomic E-state index is 0. The Balaban J connectivity index is -0.0000000400. The van der Waals surface area contributed by atoms with Gasteiger partial charge in [-0.05, 0) is 0 Å². The topological polar surface area (TPSA) is 71.4 Å². The monoisotopic (exact) mass is 132 g/mol. The molecule has 0 spiro atoms. The van der Waals surface area contributed by atoms with Gasteiger partial charge in [-0.1, -0.05) is 8.34 Å². The molecule has 0 aliphatic rings. The molecule has 0 radical (unpaired) electrons. The predicted octanol–water partition coefficient (Wildman–Crippen LogP) is -2.67. The summed E-state index contributed by atoms with van der Waals surface area (Å²) in [6.45, 7) is -0.250. The molecule has 0 amide bonds. The first-order valence-electron chi connectivity index (χ1n) is 0.859. The molecule has 36 valence electrons. The fraction of sp³-hybridized carbons (Fsp3) is 0. The van der Waals surface area contributed by atoms with Crippen molar-refractivity contribution in [1.82, 2.24) is 0 Å². The van der Waals surface area contributed by atoms with Crippen molar-refractivity contribution < 1.29 is 48.6 Å². The van der Waals surface area contributed by atoms with Gasteiger partial charge in [0, 0.05) is 0 Å². The van der Waals surface area contributed by atoms with Crippen LogP contribution in [0, 0.1) is 0 Å². The quantitative estimate of drug-likeness (QED) is 0.221. The summed E-state index contributed by atoms with van der Waals surface area (Å²) in [6, 6.07) is 0. The van der Waals surface area contributed by atoms with Crippen molar-refractivity contribution >= 4 is 14.8 Å². The minimum atomic E-state index is -1.08. The summed E-state index contributed by atoms with van der Waals surface area (Å²) in [5, 5.41) is 6.89. The van der Waals surface area contributed by atoms with Gasteiger partial charge in [0.2, 0.25) is 0 Å². The third-order valence-corrected chi connectivity index (χ3v) is 0. The molecule has 0 aromatic rings. The summed E-state index contributed by atoms with van der Waals surface area (Å²) in [5.41, 5.74) is 0. The van der Waals surface area contributed by atoms with Crippen molar-refractivity contribution in [2.45, 2.75) is 0 Å². The van der Waals surface area contributed by atoms with E-state index in [0.29, 0.717) is 0 Å². The smallest absolute Gasteiger partial charge is 0.483 e. The van der Waals surface area contributed by atoms with E-state index < -0.39 is 8.34 Å². The molecule has 0 rings (SSSR count). The van der Waals surface area contributed by atoms with Crippen molar-refractivity contribution in [3.63, 3.8) is 0 Å². The average Bonchev–Trinajstić information content (AvgIpc) is 1.39. The molecular formula is CH2NaO4P. The zero-order valence-electron chi connectivity index (χ0n) is 3.70. The van der Waals surface area contributed by atoms with Crippen LogP contribution in [0.25, 0.3) is 0 Å². The summed E-state index contributed by atoms with van der Waals surface area (Å²) in [6.07, 6.45) is 0. The molecule has 0 aromatic carbocycles. The molecule has 0 heterocycles. The Kier molecular flexibility index (Phi) is 73.2. The molecule has 0 atom stereocenters. The predicted molar refractivity (Wildman–Crippen MR) is 17.0 cm³/mol. The van der Waals surface area contributed by atoms with Crippen LogP contribution in [0.15, 0.2) is 0 Å². The van der Waals surface area contributed by atoms with Gasteiger partial charge in [0.1, 0.15) is 0 Å². The second kappa shape index (κ2) is 32.7. The SMILES string of the molecule is O=CO.O=[P-]=O.[Na+]. The normalized spacial score (nSPS) is 3.43. The number of carboxylic acid groups (broad SMARTS) is 1. The molecule has 1 N–H and O–H groups in total. The van der Waals surface area contributed by atoms with Gasteiger partial charge in [0.15, 0.2) is 0 Å². The fourth-order valence-electron chi connectivity index (χ4n) is 0. The Morgan fingerprint density at radius 3 is 1.43 bits per heavy atom. The van der Waals surface area contributed by atoms with Gasteiger partial charge in [-0.3, -0.25) is 4.79 Å². The third-order valence-electron chi connectivity index (χ3n) is 0. The number of carbonyl (C=O) groups is 1. The van der Waals surface area contributed by atoms with E-state index in [1.165, 1.54) is 0 Å². The maximum Gasteiger partial charge on any atom is 1.00 e. The molecular weight excluding hydrogens is 130 g/mol. The molecule has 4 nitrogen and oxygen atoms in total. The summed E-state index contributed by atoms with van der Waals surface area (Å²) in [5.74, 6) is 0. The van der Waals surface area contributed by atoms with Crippen LogP contribution in [0.5, 0.6) is 0 Å². The molecule has 7 heavy (non-hydrogen) atoms. The van der Waals surface area contributed by atoms with Crippen molar-refractivity contribution in [2.75, 3.05) is 0 Å². The largest absolute Gasteiger partial charge is 1.00 e. The maximum absolute atomic E-state index is 8.36. The maximum atomic E-state index is 8.36. The van der Waals surface area contributed by atoms with Crippen LogP contribution in [-0.4, -0.2) is 11.6 Å². The Bertz CT molecular complexity index is 56.7. The van der Waals surface area contributed by atoms with Crippen LogP contribution in [0.1, 0.15) is 0 Å². The van der Waals surface area contributed by atoms with Crippen LogP contribution < -0.4 is 29.6 Å². The Morgan fingerprint density at radius 1 is 1.43 bits per heavy atom. The standard InChI is InChI=1S/CH2O2.Na.O2P/c2-1-3;;1-3-2/h1H,(H,2,3);;/q;+1;-1. The van der Waals surface area contributed by atoms with Crippen LogP contribution in [-0.2, 0) is 13.9 Å². The van der Waals surface area contributed by atoms with E-state index >= 15 is 0 Å². The van der Waals surface area contributed by atoms with E-state index in [1.807, 2.05) is 0 Å². The molecule has 0 aromatic heterocycles. The number of hydrogen-bond acceptors (Lipinski definition) is 3. The Hall–Kier alpha value is 0.370. The van der Waals surface area contributed by atoms with Crippen molar-refractivity contribution in [2.24, 2.45) is 0 Å². The van der Waals surface area contributed by atoms with E-state index in [-0.39, 0.29) is 36.0 Å². The van der Waals surface area contributed by atoms with E-state index in [0.717, 1.165) is 0 Å². The van der Waals surface area contributed by atoms with Crippen LogP contribution in [0.2, 0.25) is 0 Å². The molecule has 6 heteroatoms. The molecule has 0 aliphatic heterocycles. The second-order valence-corrected chi connectivity index (χ2v) is 0.329. The van der Waals surface area contributed by atoms with Crippen molar-refractivity contribution in [1.29, 1.82) is 0 Å². The van der Waals surface area contributed by atoms with E-state index in [2.05, 4.69) is 0 Å². The van der Waals surface area contributed by atoms with Crippen molar-refractivity contribution in [3.8, 4) is 0 Å². The molecule has 0 fully saturated rings. The molecule has 0 saturated carbocycles. The third kappa shape index (κ3) is 889. The molecule has 0 saturated heterocycles. The fourth-order valence-corrected chi connectivity index (χ4v) is 0. The number of hydrogen-bond donors (Lipinski definition) is 1. The molecule has 0 aliphatic carbocycles. The van der Waals surface area contributed by atoms with Gasteiger partial charge in [0.05, 0.1) is 0 Å². The van der Waals surface area contributed by atoms with Crippen molar-refractivity contribution in [3.05, 3.63) is 0 Å². The zero-order valence-corrected chi connectivity index (χ0v) is 6.59. The van der Waals surface area contributed by atoms with Crippen LogP contribution in [0.4, 0.5) is 0 Å².